The number of allylic oxidation sites excluding steroid dienone is 1. The fourth-order valence-corrected chi connectivity index (χ4v) is 4.56. The summed E-state index contributed by atoms with van der Waals surface area (Å²) in [6.07, 6.45) is 4.49. The van der Waals surface area contributed by atoms with Gasteiger partial charge in [-0.3, -0.25) is 19.8 Å². The number of nitrogens with zero attached hydrogens (tertiary/aromatic N) is 1. The number of amides is 4. The minimum atomic E-state index is -0.801. The Morgan fingerprint density at radius 2 is 1.67 bits per heavy atom. The van der Waals surface area contributed by atoms with Gasteiger partial charge in [0.05, 0.1) is 26.9 Å². The van der Waals surface area contributed by atoms with E-state index in [1.165, 1.54) is 13.2 Å². The van der Waals surface area contributed by atoms with Gasteiger partial charge < -0.3 is 18.9 Å². The summed E-state index contributed by atoms with van der Waals surface area (Å²) in [5.41, 5.74) is 2.76. The topological polar surface area (TPSA) is 103 Å². The number of rotatable bonds is 14. The predicted molar refractivity (Wildman–Crippen MR) is 163 cm³/mol. The molecule has 0 bridgehead atoms. The van der Waals surface area contributed by atoms with Crippen molar-refractivity contribution >= 4 is 23.9 Å². The minimum Gasteiger partial charge on any atom is -0.493 e. The van der Waals surface area contributed by atoms with Gasteiger partial charge in [-0.25, -0.2) is 4.79 Å². The van der Waals surface area contributed by atoms with Crippen LogP contribution in [0.2, 0.25) is 0 Å². The number of carbonyl (C=O) groups is 3. The van der Waals surface area contributed by atoms with Gasteiger partial charge in [0.25, 0.3) is 11.8 Å². The number of hydrogen-bond donors (Lipinski definition) is 1. The van der Waals surface area contributed by atoms with E-state index in [2.05, 4.69) is 11.9 Å². The molecular formula is C34H36N2O7. The monoisotopic (exact) mass is 584 g/mol. The molecule has 0 atom stereocenters. The Hall–Kier alpha value is -5.05. The second kappa shape index (κ2) is 14.7. The van der Waals surface area contributed by atoms with E-state index in [4.69, 9.17) is 18.9 Å². The van der Waals surface area contributed by atoms with Gasteiger partial charge in [0.1, 0.15) is 12.2 Å². The molecule has 224 valence electrons. The van der Waals surface area contributed by atoms with Gasteiger partial charge in [-0.05, 0) is 66.8 Å². The normalized spacial score (nSPS) is 14.0. The molecule has 1 aliphatic rings. The summed E-state index contributed by atoms with van der Waals surface area (Å²) < 4.78 is 23.2. The Kier molecular flexibility index (Phi) is 10.6. The van der Waals surface area contributed by atoms with Crippen molar-refractivity contribution in [3.05, 3.63) is 101 Å². The number of barbiturate groups is 1. The lowest BCUT2D eigenvalue weighted by molar-refractivity contribution is -0.130. The molecule has 1 N–H and O–H groups in total. The quantitative estimate of drug-likeness (QED) is 0.144. The standard InChI is InChI=1S/C34H36N2O7/c1-5-11-26-17-25(20-30(41-7-3)31(26)43-22-23-12-9-8-10-13-23)18-27-32(37)35-34(39)36(33(27)38)21-24-14-15-28(42-16-6-2)29(19-24)40-4/h5,8-10,12-15,17-20H,1,6-7,11,16,21-22H2,2-4H3,(H,35,37,39)/b27-18+. The van der Waals surface area contributed by atoms with Crippen LogP contribution in [0.4, 0.5) is 4.79 Å². The highest BCUT2D eigenvalue weighted by molar-refractivity contribution is 6.31. The van der Waals surface area contributed by atoms with Gasteiger partial charge in [-0.2, -0.15) is 0 Å². The number of urea groups is 1. The fraction of sp³-hybridized carbons (Fsp3) is 0.265. The largest absolute Gasteiger partial charge is 0.493 e. The molecule has 9 nitrogen and oxygen atoms in total. The van der Waals surface area contributed by atoms with Crippen LogP contribution in [0, 0.1) is 0 Å². The summed E-state index contributed by atoms with van der Waals surface area (Å²) in [6.45, 7) is 8.89. The van der Waals surface area contributed by atoms with Crippen molar-refractivity contribution in [2.75, 3.05) is 20.3 Å². The van der Waals surface area contributed by atoms with Gasteiger partial charge in [0, 0.05) is 5.56 Å². The molecular weight excluding hydrogens is 548 g/mol. The maximum atomic E-state index is 13.5. The third kappa shape index (κ3) is 7.62. The zero-order valence-electron chi connectivity index (χ0n) is 24.7. The highest BCUT2D eigenvalue weighted by atomic mass is 16.5. The number of hydrogen-bond acceptors (Lipinski definition) is 7. The Morgan fingerprint density at radius 3 is 2.37 bits per heavy atom. The SMILES string of the molecule is C=CCc1cc(/C=C2\C(=O)NC(=O)N(Cc3ccc(OCCC)c(OC)c3)C2=O)cc(OCC)c1OCc1ccccc1. The summed E-state index contributed by atoms with van der Waals surface area (Å²) in [6, 6.07) is 17.7. The van der Waals surface area contributed by atoms with Gasteiger partial charge in [-0.15, -0.1) is 6.58 Å². The molecule has 3 aromatic carbocycles. The first-order valence-corrected chi connectivity index (χ1v) is 14.1. The summed E-state index contributed by atoms with van der Waals surface area (Å²) in [5, 5.41) is 2.28. The van der Waals surface area contributed by atoms with E-state index in [1.54, 1.807) is 30.3 Å². The Morgan fingerprint density at radius 1 is 0.884 bits per heavy atom. The zero-order valence-corrected chi connectivity index (χ0v) is 24.7. The van der Waals surface area contributed by atoms with Gasteiger partial charge >= 0.3 is 6.03 Å². The minimum absolute atomic E-state index is 0.0715. The molecule has 4 amide bonds. The Balaban J connectivity index is 1.64. The maximum absolute atomic E-state index is 13.5. The van der Waals surface area contributed by atoms with Gasteiger partial charge in [0.2, 0.25) is 0 Å². The van der Waals surface area contributed by atoms with Crippen LogP contribution in [-0.2, 0) is 29.2 Å². The number of nitrogens with one attached hydrogen (secondary N) is 1. The average Bonchev–Trinajstić information content (AvgIpc) is 3.01. The van der Waals surface area contributed by atoms with Crippen molar-refractivity contribution in [3.63, 3.8) is 0 Å². The summed E-state index contributed by atoms with van der Waals surface area (Å²) >= 11 is 0. The van der Waals surface area contributed by atoms with E-state index in [0.29, 0.717) is 60.4 Å². The molecule has 3 aromatic rings. The fourth-order valence-electron chi connectivity index (χ4n) is 4.56. The lowest BCUT2D eigenvalue weighted by Crippen LogP contribution is -2.53. The molecule has 0 spiro atoms. The summed E-state index contributed by atoms with van der Waals surface area (Å²) in [7, 11) is 1.52. The second-order valence-corrected chi connectivity index (χ2v) is 9.75. The number of benzene rings is 3. The van der Waals surface area contributed by atoms with Crippen LogP contribution in [0.3, 0.4) is 0 Å². The first kappa shape index (κ1) is 30.9. The molecule has 1 heterocycles. The van der Waals surface area contributed by atoms with Crippen molar-refractivity contribution in [1.29, 1.82) is 0 Å². The van der Waals surface area contributed by atoms with Crippen LogP contribution in [0.25, 0.3) is 6.08 Å². The average molecular weight is 585 g/mol. The van der Waals surface area contributed by atoms with E-state index in [0.717, 1.165) is 22.4 Å². The number of ether oxygens (including phenoxy) is 4. The van der Waals surface area contributed by atoms with E-state index in [1.807, 2.05) is 50.2 Å². The number of carbonyl (C=O) groups excluding carboxylic acids is 3. The van der Waals surface area contributed by atoms with Crippen molar-refractivity contribution in [3.8, 4) is 23.0 Å². The molecule has 43 heavy (non-hydrogen) atoms. The van der Waals surface area contributed by atoms with E-state index >= 15 is 0 Å². The molecule has 0 radical (unpaired) electrons. The molecule has 1 fully saturated rings. The van der Waals surface area contributed by atoms with Crippen molar-refractivity contribution in [2.24, 2.45) is 0 Å². The molecule has 1 saturated heterocycles. The first-order chi connectivity index (χ1) is 20.9. The molecule has 0 saturated carbocycles. The third-order valence-electron chi connectivity index (χ3n) is 6.57. The molecule has 1 aliphatic heterocycles. The van der Waals surface area contributed by atoms with E-state index in [-0.39, 0.29) is 12.1 Å². The van der Waals surface area contributed by atoms with Crippen LogP contribution in [0.5, 0.6) is 23.0 Å². The second-order valence-electron chi connectivity index (χ2n) is 9.75. The Bertz CT molecular complexity index is 1510. The van der Waals surface area contributed by atoms with Crippen molar-refractivity contribution < 1.29 is 33.3 Å². The Labute approximate surface area is 251 Å². The lowest BCUT2D eigenvalue weighted by atomic mass is 10.0. The van der Waals surface area contributed by atoms with Crippen LogP contribution in [-0.4, -0.2) is 43.1 Å². The van der Waals surface area contributed by atoms with Crippen LogP contribution >= 0.6 is 0 Å². The van der Waals surface area contributed by atoms with Crippen molar-refractivity contribution in [2.45, 2.75) is 39.8 Å². The highest BCUT2D eigenvalue weighted by Crippen LogP contribution is 2.36. The first-order valence-electron chi connectivity index (χ1n) is 14.1. The van der Waals surface area contributed by atoms with Gasteiger partial charge in [-0.1, -0.05) is 49.4 Å². The molecule has 0 aromatic heterocycles. The third-order valence-corrected chi connectivity index (χ3v) is 6.57. The van der Waals surface area contributed by atoms with E-state index < -0.39 is 17.8 Å². The van der Waals surface area contributed by atoms with Crippen LogP contribution in [0.1, 0.15) is 42.5 Å². The molecule has 4 rings (SSSR count). The smallest absolute Gasteiger partial charge is 0.331 e. The number of imide groups is 2. The van der Waals surface area contributed by atoms with Crippen LogP contribution < -0.4 is 24.3 Å². The van der Waals surface area contributed by atoms with Crippen molar-refractivity contribution in [1.82, 2.24) is 10.2 Å². The molecule has 9 heteroatoms. The summed E-state index contributed by atoms with van der Waals surface area (Å²) in [4.78, 5) is 40.1. The summed E-state index contributed by atoms with van der Waals surface area (Å²) in [5.74, 6) is 0.583. The molecule has 0 unspecified atom stereocenters. The number of methoxy groups -OCH3 is 1. The predicted octanol–water partition coefficient (Wildman–Crippen LogP) is 5.85. The lowest BCUT2D eigenvalue weighted by Gasteiger charge is -2.26. The van der Waals surface area contributed by atoms with E-state index in [9.17, 15) is 14.4 Å². The molecule has 0 aliphatic carbocycles. The zero-order chi connectivity index (χ0) is 30.8. The van der Waals surface area contributed by atoms with Crippen LogP contribution in [0.15, 0.2) is 78.9 Å². The van der Waals surface area contributed by atoms with Gasteiger partial charge in [0.15, 0.2) is 23.0 Å². The maximum Gasteiger partial charge on any atom is 0.331 e. The highest BCUT2D eigenvalue weighted by Gasteiger charge is 2.36.